The molecular formula is C32H40N4O6S. The van der Waals surface area contributed by atoms with Crippen LogP contribution in [0.1, 0.15) is 59.5 Å². The normalized spacial score (nSPS) is 15.5. The van der Waals surface area contributed by atoms with Gasteiger partial charge in [0.1, 0.15) is 12.0 Å². The van der Waals surface area contributed by atoms with Crippen LogP contribution in [0.25, 0.3) is 28.2 Å². The number of carbonyl (C=O) groups is 2. The Kier molecular flexibility index (Phi) is 9.36. The number of carbonyl (C=O) groups excluding carboxylic acids is 2. The molecule has 1 fully saturated rings. The summed E-state index contributed by atoms with van der Waals surface area (Å²) in [6, 6.07) is 11.9. The highest BCUT2D eigenvalue weighted by Crippen LogP contribution is 2.47. The molecule has 2 N–H and O–H groups in total. The van der Waals surface area contributed by atoms with Crippen LogP contribution in [-0.4, -0.2) is 81.9 Å². The molecule has 5 rings (SSSR count). The maximum Gasteiger partial charge on any atom is 0.276 e. The number of aldehydes is 1. The van der Waals surface area contributed by atoms with Gasteiger partial charge in [0.2, 0.25) is 0 Å². The molecule has 2 aliphatic rings. The number of ether oxygens (including phenoxy) is 2. The van der Waals surface area contributed by atoms with Crippen molar-refractivity contribution in [1.82, 2.24) is 13.8 Å². The van der Waals surface area contributed by atoms with E-state index in [1.807, 2.05) is 30.3 Å². The van der Waals surface area contributed by atoms with Gasteiger partial charge in [-0.15, -0.1) is 0 Å². The fraction of sp³-hybridized carbons (Fsp3) is 0.438. The highest BCUT2D eigenvalue weighted by molar-refractivity contribution is 7.86. The first-order valence-electron chi connectivity index (χ1n) is 14.7. The fourth-order valence-electron chi connectivity index (χ4n) is 6.23. The molecule has 1 aromatic heterocycles. The second-order valence-corrected chi connectivity index (χ2v) is 13.1. The highest BCUT2D eigenvalue weighted by atomic mass is 32.2. The van der Waals surface area contributed by atoms with E-state index in [2.05, 4.69) is 16.7 Å². The number of amides is 1. The Morgan fingerprint density at radius 3 is 2.51 bits per heavy atom. The second-order valence-electron chi connectivity index (χ2n) is 11.4. The van der Waals surface area contributed by atoms with Crippen molar-refractivity contribution in [2.75, 3.05) is 47.5 Å². The summed E-state index contributed by atoms with van der Waals surface area (Å²) in [6.07, 6.45) is 8.66. The first-order valence-corrected chi connectivity index (χ1v) is 16.2. The van der Waals surface area contributed by atoms with E-state index in [0.29, 0.717) is 35.9 Å². The minimum Gasteiger partial charge on any atom is -0.497 e. The van der Waals surface area contributed by atoms with Crippen molar-refractivity contribution in [2.45, 2.75) is 44.6 Å². The molecule has 1 amide bonds. The van der Waals surface area contributed by atoms with Crippen LogP contribution >= 0.6 is 0 Å². The number of rotatable bonds is 11. The molecule has 2 aromatic carbocycles. The topological polar surface area (TPSA) is 124 Å². The largest absolute Gasteiger partial charge is 0.497 e. The lowest BCUT2D eigenvalue weighted by Crippen LogP contribution is -2.36. The van der Waals surface area contributed by atoms with Crippen LogP contribution in [0.4, 0.5) is 0 Å². The summed E-state index contributed by atoms with van der Waals surface area (Å²) in [4.78, 5) is 27.3. The molecule has 11 heteroatoms. The van der Waals surface area contributed by atoms with Crippen LogP contribution < -0.4 is 9.88 Å². The quantitative estimate of drug-likeness (QED) is 0.257. The Balaban J connectivity index is 1.50. The minimum absolute atomic E-state index is 0.121. The molecule has 0 atom stereocenters. The molecule has 1 aliphatic heterocycles. The van der Waals surface area contributed by atoms with Gasteiger partial charge in [0, 0.05) is 54.8 Å². The molecule has 0 saturated heterocycles. The lowest BCUT2D eigenvalue weighted by atomic mass is 9.81. The number of hydrogen-bond donors (Lipinski definition) is 1. The number of methoxy groups -OCH3 is 1. The molecule has 230 valence electrons. The summed E-state index contributed by atoms with van der Waals surface area (Å²) in [5.41, 5.74) is 6.51. The lowest BCUT2D eigenvalue weighted by molar-refractivity contribution is -0.126. The van der Waals surface area contributed by atoms with Crippen molar-refractivity contribution >= 4 is 39.4 Å². The zero-order valence-corrected chi connectivity index (χ0v) is 25.9. The van der Waals surface area contributed by atoms with Gasteiger partial charge in [-0.25, -0.2) is 5.14 Å². The van der Waals surface area contributed by atoms with Crippen molar-refractivity contribution in [3.05, 3.63) is 58.7 Å². The van der Waals surface area contributed by atoms with E-state index < -0.39 is 10.2 Å². The van der Waals surface area contributed by atoms with E-state index in [4.69, 9.17) is 14.6 Å². The third kappa shape index (κ3) is 6.54. The number of likely N-dealkylation sites (N-methyl/N-ethyl adjacent to an activating group) is 2. The molecule has 43 heavy (non-hydrogen) atoms. The number of hydrogen-bond acceptors (Lipinski definition) is 6. The van der Waals surface area contributed by atoms with Crippen molar-refractivity contribution in [1.29, 1.82) is 0 Å². The molecule has 0 spiro atoms. The maximum atomic E-state index is 13.9. The Morgan fingerprint density at radius 2 is 1.81 bits per heavy atom. The van der Waals surface area contributed by atoms with Crippen LogP contribution in [0.2, 0.25) is 0 Å². The zero-order chi connectivity index (χ0) is 30.7. The van der Waals surface area contributed by atoms with Gasteiger partial charge in [-0.2, -0.15) is 12.7 Å². The molecule has 0 radical (unpaired) electrons. The predicted molar refractivity (Wildman–Crippen MR) is 167 cm³/mol. The van der Waals surface area contributed by atoms with E-state index in [1.165, 1.54) is 31.9 Å². The van der Waals surface area contributed by atoms with E-state index in [9.17, 15) is 18.0 Å². The third-order valence-corrected chi connectivity index (χ3v) is 9.68. The summed E-state index contributed by atoms with van der Waals surface area (Å²) >= 11 is 0. The smallest absolute Gasteiger partial charge is 0.276 e. The van der Waals surface area contributed by atoms with Gasteiger partial charge in [0.25, 0.3) is 16.1 Å². The van der Waals surface area contributed by atoms with Crippen LogP contribution in [0.15, 0.2) is 42.0 Å². The predicted octanol–water partition coefficient (Wildman–Crippen LogP) is 4.18. The van der Waals surface area contributed by atoms with Crippen molar-refractivity contribution in [3.8, 4) is 17.0 Å². The number of nitrogens with zero attached hydrogens (tertiary/aromatic N) is 3. The molecule has 3 aromatic rings. The average molecular weight is 609 g/mol. The van der Waals surface area contributed by atoms with Crippen molar-refractivity contribution in [3.63, 3.8) is 0 Å². The van der Waals surface area contributed by atoms with Crippen LogP contribution in [-0.2, 0) is 26.3 Å². The van der Waals surface area contributed by atoms with E-state index in [1.54, 1.807) is 19.1 Å². The van der Waals surface area contributed by atoms with Crippen LogP contribution in [0, 0.1) is 0 Å². The molecule has 10 nitrogen and oxygen atoms in total. The Hall–Kier alpha value is -3.51. The lowest BCUT2D eigenvalue weighted by Gasteiger charge is -2.24. The van der Waals surface area contributed by atoms with Crippen molar-refractivity contribution < 1.29 is 27.5 Å². The molecule has 2 heterocycles. The first-order chi connectivity index (χ1) is 20.6. The van der Waals surface area contributed by atoms with Crippen LogP contribution in [0.3, 0.4) is 0 Å². The van der Waals surface area contributed by atoms with Gasteiger partial charge >= 0.3 is 0 Å². The van der Waals surface area contributed by atoms with Gasteiger partial charge in [0.15, 0.2) is 0 Å². The summed E-state index contributed by atoms with van der Waals surface area (Å²) in [7, 11) is 0.981. The first kappa shape index (κ1) is 30.9. The Labute approximate surface area is 253 Å². The van der Waals surface area contributed by atoms with Gasteiger partial charge in [-0.3, -0.25) is 9.59 Å². The Morgan fingerprint density at radius 1 is 1.07 bits per heavy atom. The number of aromatic nitrogens is 1. The molecular weight excluding hydrogens is 568 g/mol. The number of fused-ring (bicyclic) bond motifs is 5. The van der Waals surface area contributed by atoms with Gasteiger partial charge in [-0.05, 0) is 60.2 Å². The van der Waals surface area contributed by atoms with Gasteiger partial charge < -0.3 is 18.9 Å². The molecule has 1 aliphatic carbocycles. The minimum atomic E-state index is -3.77. The summed E-state index contributed by atoms with van der Waals surface area (Å²) < 4.78 is 37.2. The van der Waals surface area contributed by atoms with Gasteiger partial charge in [0.05, 0.1) is 32.6 Å². The molecule has 1 saturated carbocycles. The second kappa shape index (κ2) is 13.0. The number of benzene rings is 2. The summed E-state index contributed by atoms with van der Waals surface area (Å²) in [6.45, 7) is 1.19. The van der Waals surface area contributed by atoms with Crippen LogP contribution in [0.5, 0.6) is 5.75 Å². The van der Waals surface area contributed by atoms with E-state index in [-0.39, 0.29) is 25.7 Å². The van der Waals surface area contributed by atoms with E-state index in [0.717, 1.165) is 51.2 Å². The standard InChI is InChI=1S/C32H40N4O6S/c1-34(13-15-42-16-14-35(2)43(33,39)40)32(38)25-18-24-19-26(41-3)10-12-27(24)31-30(23-7-5-4-6-8-23)28-11-9-22(21-37)17-29(28)36(31)20-25/h9-12,17-19,21,23H,4-8,13-16,20H2,1-3H3,(H2,33,39,40). The van der Waals surface area contributed by atoms with Gasteiger partial charge in [-0.1, -0.05) is 31.4 Å². The summed E-state index contributed by atoms with van der Waals surface area (Å²) in [5, 5.41) is 6.25. The number of nitrogens with two attached hydrogens (primary N) is 1. The van der Waals surface area contributed by atoms with E-state index >= 15 is 0 Å². The third-order valence-electron chi connectivity index (χ3n) is 8.63. The fourth-order valence-corrected chi connectivity index (χ4v) is 6.56. The molecule has 0 bridgehead atoms. The monoisotopic (exact) mass is 608 g/mol. The zero-order valence-electron chi connectivity index (χ0n) is 25.0. The Bertz CT molecular complexity index is 1660. The SMILES string of the molecule is COc1ccc2c(c1)C=C(C(=O)N(C)CCOCCN(C)S(N)(=O)=O)Cn1c-2c(C2CCCCC2)c2ccc(C=O)cc21. The summed E-state index contributed by atoms with van der Waals surface area (Å²) in [5.74, 6) is 0.967. The molecule has 0 unspecified atom stereocenters. The highest BCUT2D eigenvalue weighted by Gasteiger charge is 2.30. The van der Waals surface area contributed by atoms with Crippen molar-refractivity contribution in [2.24, 2.45) is 5.14 Å². The maximum absolute atomic E-state index is 13.9. The average Bonchev–Trinajstić information content (AvgIpc) is 3.22.